The monoisotopic (exact) mass is 212 g/mol. The first kappa shape index (κ1) is 11.7. The Morgan fingerprint density at radius 1 is 1.53 bits per heavy atom. The number of carbonyl (C=O) groups is 2. The number of ether oxygens (including phenoxy) is 1. The molecule has 0 radical (unpaired) electrons. The molecule has 0 aromatic carbocycles. The summed E-state index contributed by atoms with van der Waals surface area (Å²) in [6.45, 7) is 3.84. The fourth-order valence-electron chi connectivity index (χ4n) is 1.39. The second kappa shape index (κ2) is 5.50. The molecule has 0 spiro atoms. The molecule has 0 aromatic heterocycles. The van der Waals surface area contributed by atoms with Crippen LogP contribution in [0.15, 0.2) is 12.7 Å². The van der Waals surface area contributed by atoms with Gasteiger partial charge in [0.25, 0.3) is 0 Å². The van der Waals surface area contributed by atoms with Crippen LogP contribution < -0.4 is 10.6 Å². The summed E-state index contributed by atoms with van der Waals surface area (Å²) < 4.78 is 5.50. The molecule has 1 saturated carbocycles. The Balaban J connectivity index is 2.12. The largest absolute Gasteiger partial charge is 0.351 e. The highest BCUT2D eigenvalue weighted by molar-refractivity contribution is 5.79. The van der Waals surface area contributed by atoms with Gasteiger partial charge in [0, 0.05) is 0 Å². The average molecular weight is 212 g/mol. The number of nitrogens with one attached hydrogen (secondary N) is 2. The molecular formula is C10H16N2O3. The van der Waals surface area contributed by atoms with E-state index in [1.165, 1.54) is 0 Å². The molecule has 0 saturated heterocycles. The molecule has 84 valence electrons. The predicted molar refractivity (Wildman–Crippen MR) is 54.9 cm³/mol. The van der Waals surface area contributed by atoms with Gasteiger partial charge in [-0.2, -0.15) is 0 Å². The highest BCUT2D eigenvalue weighted by atomic mass is 16.5. The molecule has 2 amide bonds. The molecule has 1 aliphatic carbocycles. The van der Waals surface area contributed by atoms with E-state index < -0.39 is 0 Å². The zero-order chi connectivity index (χ0) is 11.1. The molecule has 1 rings (SSSR count). The SMILES string of the molecule is C=CC1(OCNC(=O)CNC=O)CCC1. The summed E-state index contributed by atoms with van der Waals surface area (Å²) in [5.41, 5.74) is -0.245. The van der Waals surface area contributed by atoms with E-state index in [0.717, 1.165) is 19.3 Å². The van der Waals surface area contributed by atoms with Crippen molar-refractivity contribution in [1.82, 2.24) is 10.6 Å². The van der Waals surface area contributed by atoms with Crippen molar-refractivity contribution in [3.8, 4) is 0 Å². The van der Waals surface area contributed by atoms with Crippen molar-refractivity contribution in [1.29, 1.82) is 0 Å². The number of amides is 2. The van der Waals surface area contributed by atoms with E-state index in [1.54, 1.807) is 6.08 Å². The quantitative estimate of drug-likeness (QED) is 0.353. The maximum absolute atomic E-state index is 11.0. The maximum atomic E-state index is 11.0. The van der Waals surface area contributed by atoms with Crippen molar-refractivity contribution in [3.63, 3.8) is 0 Å². The first-order valence-corrected chi connectivity index (χ1v) is 4.94. The van der Waals surface area contributed by atoms with Gasteiger partial charge < -0.3 is 15.4 Å². The van der Waals surface area contributed by atoms with Gasteiger partial charge in [0.1, 0.15) is 6.73 Å². The molecule has 1 aliphatic rings. The van der Waals surface area contributed by atoms with Gasteiger partial charge >= 0.3 is 0 Å². The van der Waals surface area contributed by atoms with Gasteiger partial charge in [-0.3, -0.25) is 9.59 Å². The molecule has 1 fully saturated rings. The number of carbonyl (C=O) groups excluding carboxylic acids is 2. The van der Waals surface area contributed by atoms with Gasteiger partial charge in [-0.25, -0.2) is 0 Å². The van der Waals surface area contributed by atoms with Crippen molar-refractivity contribution in [2.75, 3.05) is 13.3 Å². The Morgan fingerprint density at radius 2 is 2.27 bits per heavy atom. The van der Waals surface area contributed by atoms with Crippen LogP contribution in [-0.2, 0) is 14.3 Å². The lowest BCUT2D eigenvalue weighted by atomic mass is 9.80. The molecule has 0 aromatic rings. The second-order valence-electron chi connectivity index (χ2n) is 3.51. The first-order chi connectivity index (χ1) is 7.22. The summed E-state index contributed by atoms with van der Waals surface area (Å²) in [6, 6.07) is 0. The lowest BCUT2D eigenvalue weighted by Crippen LogP contribution is -2.43. The zero-order valence-electron chi connectivity index (χ0n) is 8.62. The smallest absolute Gasteiger partial charge is 0.241 e. The summed E-state index contributed by atoms with van der Waals surface area (Å²) in [4.78, 5) is 21.0. The Hall–Kier alpha value is -1.36. The Labute approximate surface area is 88.9 Å². The van der Waals surface area contributed by atoms with Crippen LogP contribution in [0, 0.1) is 0 Å². The van der Waals surface area contributed by atoms with Crippen molar-refractivity contribution in [3.05, 3.63) is 12.7 Å². The van der Waals surface area contributed by atoms with Crippen LogP contribution in [0.2, 0.25) is 0 Å². The van der Waals surface area contributed by atoms with Crippen LogP contribution in [0.1, 0.15) is 19.3 Å². The molecule has 2 N–H and O–H groups in total. The van der Waals surface area contributed by atoms with E-state index in [-0.39, 0.29) is 24.8 Å². The molecule has 0 atom stereocenters. The third-order valence-corrected chi connectivity index (χ3v) is 2.55. The van der Waals surface area contributed by atoms with Gasteiger partial charge in [0.05, 0.1) is 12.1 Å². The van der Waals surface area contributed by atoms with Crippen LogP contribution in [-0.4, -0.2) is 31.2 Å². The summed E-state index contributed by atoms with van der Waals surface area (Å²) in [5, 5.41) is 4.81. The third-order valence-electron chi connectivity index (χ3n) is 2.55. The van der Waals surface area contributed by atoms with E-state index in [0.29, 0.717) is 6.41 Å². The number of rotatable bonds is 7. The molecule has 5 heteroatoms. The standard InChI is InChI=1S/C10H16N2O3/c1-2-10(4-3-5-10)15-8-12-9(14)6-11-7-13/h2,7H,1,3-6,8H2,(H,11,13)(H,12,14). The van der Waals surface area contributed by atoms with Gasteiger partial charge in [-0.15, -0.1) is 6.58 Å². The second-order valence-corrected chi connectivity index (χ2v) is 3.51. The summed E-state index contributed by atoms with van der Waals surface area (Å²) in [7, 11) is 0. The van der Waals surface area contributed by atoms with Crippen molar-refractivity contribution < 1.29 is 14.3 Å². The molecule has 0 aliphatic heterocycles. The average Bonchev–Trinajstić information content (AvgIpc) is 2.19. The molecule has 0 heterocycles. The normalized spacial score (nSPS) is 17.3. The minimum Gasteiger partial charge on any atom is -0.351 e. The highest BCUT2D eigenvalue weighted by Crippen LogP contribution is 2.36. The fourth-order valence-corrected chi connectivity index (χ4v) is 1.39. The predicted octanol–water partition coefficient (Wildman–Crippen LogP) is -0.0686. The Bertz CT molecular complexity index is 249. The molecular weight excluding hydrogens is 196 g/mol. The summed E-state index contributed by atoms with van der Waals surface area (Å²) >= 11 is 0. The van der Waals surface area contributed by atoms with Crippen molar-refractivity contribution in [2.24, 2.45) is 0 Å². The van der Waals surface area contributed by atoms with E-state index in [9.17, 15) is 9.59 Å². The van der Waals surface area contributed by atoms with Crippen LogP contribution in [0.25, 0.3) is 0 Å². The summed E-state index contributed by atoms with van der Waals surface area (Å²) in [6.07, 6.45) is 5.31. The van der Waals surface area contributed by atoms with E-state index >= 15 is 0 Å². The number of hydrogen-bond donors (Lipinski definition) is 2. The Kier molecular flexibility index (Phi) is 4.30. The highest BCUT2D eigenvalue weighted by Gasteiger charge is 2.34. The van der Waals surface area contributed by atoms with Crippen LogP contribution in [0.4, 0.5) is 0 Å². The van der Waals surface area contributed by atoms with Gasteiger partial charge in [0.2, 0.25) is 12.3 Å². The summed E-state index contributed by atoms with van der Waals surface area (Å²) in [5.74, 6) is -0.263. The van der Waals surface area contributed by atoms with Crippen molar-refractivity contribution >= 4 is 12.3 Å². The Morgan fingerprint density at radius 3 is 2.73 bits per heavy atom. The van der Waals surface area contributed by atoms with Gasteiger partial charge in [0.15, 0.2) is 0 Å². The van der Waals surface area contributed by atoms with Gasteiger partial charge in [-0.1, -0.05) is 6.08 Å². The lowest BCUT2D eigenvalue weighted by molar-refractivity contribution is -0.127. The fraction of sp³-hybridized carbons (Fsp3) is 0.600. The van der Waals surface area contributed by atoms with Crippen LogP contribution in [0.5, 0.6) is 0 Å². The molecule has 0 unspecified atom stereocenters. The van der Waals surface area contributed by atoms with E-state index in [4.69, 9.17) is 4.74 Å². The lowest BCUT2D eigenvalue weighted by Gasteiger charge is -2.38. The van der Waals surface area contributed by atoms with E-state index in [1.807, 2.05) is 0 Å². The number of hydrogen-bond acceptors (Lipinski definition) is 3. The third kappa shape index (κ3) is 3.36. The molecule has 5 nitrogen and oxygen atoms in total. The first-order valence-electron chi connectivity index (χ1n) is 4.94. The van der Waals surface area contributed by atoms with Crippen molar-refractivity contribution in [2.45, 2.75) is 24.9 Å². The van der Waals surface area contributed by atoms with Crippen LogP contribution >= 0.6 is 0 Å². The van der Waals surface area contributed by atoms with Gasteiger partial charge in [-0.05, 0) is 19.3 Å². The van der Waals surface area contributed by atoms with Crippen LogP contribution in [0.3, 0.4) is 0 Å². The topological polar surface area (TPSA) is 67.4 Å². The minimum absolute atomic E-state index is 0.0199. The maximum Gasteiger partial charge on any atom is 0.241 e. The van der Waals surface area contributed by atoms with E-state index in [2.05, 4.69) is 17.2 Å². The minimum atomic E-state index is -0.263. The molecule has 0 bridgehead atoms. The molecule has 15 heavy (non-hydrogen) atoms. The zero-order valence-corrected chi connectivity index (χ0v) is 8.62.